The Morgan fingerprint density at radius 3 is 2.50 bits per heavy atom. The van der Waals surface area contributed by atoms with Crippen molar-refractivity contribution in [2.24, 2.45) is 0 Å². The first-order chi connectivity index (χ1) is 8.83. The molecule has 0 amide bonds. The summed E-state index contributed by atoms with van der Waals surface area (Å²) in [6.07, 6.45) is 1.78. The number of pyridine rings is 1. The van der Waals surface area contributed by atoms with E-state index in [0.717, 1.165) is 22.3 Å². The molecule has 0 unspecified atom stereocenters. The van der Waals surface area contributed by atoms with Crippen LogP contribution >= 0.6 is 11.8 Å². The Morgan fingerprint density at radius 2 is 1.83 bits per heavy atom. The molecule has 0 N–H and O–H groups in total. The largest absolute Gasteiger partial charge is 0.497 e. The summed E-state index contributed by atoms with van der Waals surface area (Å²) >= 11 is 1.66. The first-order valence-corrected chi connectivity index (χ1v) is 6.57. The fourth-order valence-electron chi connectivity index (χ4n) is 1.51. The molecule has 4 heteroatoms. The second-order valence-electron chi connectivity index (χ2n) is 3.65. The third kappa shape index (κ3) is 3.17. The van der Waals surface area contributed by atoms with Gasteiger partial charge in [-0.05, 0) is 29.8 Å². The second-order valence-corrected chi connectivity index (χ2v) is 4.61. The third-order valence-corrected chi connectivity index (χ3v) is 3.55. The van der Waals surface area contributed by atoms with Crippen molar-refractivity contribution in [2.45, 2.75) is 10.8 Å². The maximum Gasteiger partial charge on any atom is 0.151 e. The van der Waals surface area contributed by atoms with E-state index in [9.17, 15) is 0 Å². The van der Waals surface area contributed by atoms with E-state index < -0.39 is 0 Å². The highest BCUT2D eigenvalue weighted by atomic mass is 32.2. The van der Waals surface area contributed by atoms with E-state index in [2.05, 4.69) is 17.1 Å². The highest BCUT2D eigenvalue weighted by Crippen LogP contribution is 2.29. The number of aromatic nitrogens is 1. The van der Waals surface area contributed by atoms with Gasteiger partial charge in [0.2, 0.25) is 0 Å². The number of rotatable bonds is 5. The van der Waals surface area contributed by atoms with Crippen LogP contribution in [0.15, 0.2) is 47.6 Å². The Morgan fingerprint density at radius 1 is 1.06 bits per heavy atom. The Balaban J connectivity index is 2.02. The SMILES string of the molecule is COc1ccc(CSc2ncccc2OC)cc1. The highest BCUT2D eigenvalue weighted by Gasteiger charge is 2.04. The minimum atomic E-state index is 0.816. The van der Waals surface area contributed by atoms with Crippen molar-refractivity contribution < 1.29 is 9.47 Å². The Kier molecular flexibility index (Phi) is 4.47. The summed E-state index contributed by atoms with van der Waals surface area (Å²) in [4.78, 5) is 4.31. The van der Waals surface area contributed by atoms with Gasteiger partial charge in [0.25, 0.3) is 0 Å². The summed E-state index contributed by atoms with van der Waals surface area (Å²) in [5, 5.41) is 0.913. The van der Waals surface area contributed by atoms with E-state index >= 15 is 0 Å². The molecule has 0 saturated carbocycles. The van der Waals surface area contributed by atoms with Crippen LogP contribution in [-0.4, -0.2) is 19.2 Å². The average molecular weight is 261 g/mol. The molecule has 0 fully saturated rings. The Bertz CT molecular complexity index is 499. The maximum absolute atomic E-state index is 5.27. The molecule has 0 spiro atoms. The summed E-state index contributed by atoms with van der Waals surface area (Å²) in [7, 11) is 3.33. The van der Waals surface area contributed by atoms with Crippen LogP contribution in [0.25, 0.3) is 0 Å². The summed E-state index contributed by atoms with van der Waals surface area (Å²) < 4.78 is 10.4. The molecule has 1 heterocycles. The number of thioether (sulfide) groups is 1. The minimum Gasteiger partial charge on any atom is -0.497 e. The van der Waals surface area contributed by atoms with E-state index in [1.54, 1.807) is 32.2 Å². The fraction of sp³-hybridized carbons (Fsp3) is 0.214. The molecule has 0 radical (unpaired) electrons. The smallest absolute Gasteiger partial charge is 0.151 e. The van der Waals surface area contributed by atoms with Crippen LogP contribution < -0.4 is 9.47 Å². The standard InChI is InChI=1S/C14H15NO2S/c1-16-12-7-5-11(6-8-12)10-18-14-13(17-2)4-3-9-15-14/h3-9H,10H2,1-2H3. The van der Waals surface area contributed by atoms with Crippen LogP contribution in [0, 0.1) is 0 Å². The normalized spacial score (nSPS) is 10.1. The Hall–Kier alpha value is -1.68. The van der Waals surface area contributed by atoms with Crippen molar-refractivity contribution in [1.82, 2.24) is 4.98 Å². The van der Waals surface area contributed by atoms with E-state index in [-0.39, 0.29) is 0 Å². The summed E-state index contributed by atoms with van der Waals surface area (Å²) in [6.45, 7) is 0. The van der Waals surface area contributed by atoms with Crippen LogP contribution in [0.2, 0.25) is 0 Å². The predicted octanol–water partition coefficient (Wildman–Crippen LogP) is 3.39. The highest BCUT2D eigenvalue weighted by molar-refractivity contribution is 7.98. The molecule has 2 aromatic rings. The number of benzene rings is 1. The zero-order valence-corrected chi connectivity index (χ0v) is 11.2. The van der Waals surface area contributed by atoms with Gasteiger partial charge in [0.05, 0.1) is 14.2 Å². The molecule has 1 aromatic carbocycles. The molecule has 1 aromatic heterocycles. The van der Waals surface area contributed by atoms with Crippen LogP contribution in [0.5, 0.6) is 11.5 Å². The van der Waals surface area contributed by atoms with Crippen molar-refractivity contribution in [3.8, 4) is 11.5 Å². The number of ether oxygens (including phenoxy) is 2. The molecular formula is C14H15NO2S. The Labute approximate surface area is 111 Å². The zero-order chi connectivity index (χ0) is 12.8. The van der Waals surface area contributed by atoms with Gasteiger partial charge in [0.15, 0.2) is 5.75 Å². The molecule has 18 heavy (non-hydrogen) atoms. The van der Waals surface area contributed by atoms with Gasteiger partial charge in [-0.15, -0.1) is 0 Å². The van der Waals surface area contributed by atoms with Gasteiger partial charge in [0, 0.05) is 11.9 Å². The summed E-state index contributed by atoms with van der Waals surface area (Å²) in [5.41, 5.74) is 1.23. The summed E-state index contributed by atoms with van der Waals surface area (Å²) in [5.74, 6) is 2.55. The topological polar surface area (TPSA) is 31.4 Å². The molecule has 0 aliphatic rings. The quantitative estimate of drug-likeness (QED) is 0.772. The number of hydrogen-bond acceptors (Lipinski definition) is 4. The van der Waals surface area contributed by atoms with Crippen molar-refractivity contribution in [3.63, 3.8) is 0 Å². The van der Waals surface area contributed by atoms with E-state index in [1.165, 1.54) is 5.56 Å². The van der Waals surface area contributed by atoms with Crippen LogP contribution in [0.4, 0.5) is 0 Å². The van der Waals surface area contributed by atoms with Gasteiger partial charge in [-0.2, -0.15) is 0 Å². The fourth-order valence-corrected chi connectivity index (χ4v) is 2.44. The number of methoxy groups -OCH3 is 2. The molecule has 94 valence electrons. The van der Waals surface area contributed by atoms with Gasteiger partial charge >= 0.3 is 0 Å². The number of hydrogen-bond donors (Lipinski definition) is 0. The predicted molar refractivity (Wildman–Crippen MR) is 73.3 cm³/mol. The molecule has 0 atom stereocenters. The third-order valence-electron chi connectivity index (χ3n) is 2.49. The van der Waals surface area contributed by atoms with Gasteiger partial charge in [0.1, 0.15) is 10.8 Å². The van der Waals surface area contributed by atoms with Gasteiger partial charge < -0.3 is 9.47 Å². The molecule has 3 nitrogen and oxygen atoms in total. The molecule has 0 aliphatic heterocycles. The molecular weight excluding hydrogens is 246 g/mol. The first kappa shape index (κ1) is 12.8. The van der Waals surface area contributed by atoms with E-state index in [0.29, 0.717) is 0 Å². The monoisotopic (exact) mass is 261 g/mol. The minimum absolute atomic E-state index is 0.816. The van der Waals surface area contributed by atoms with Gasteiger partial charge in [-0.1, -0.05) is 23.9 Å². The van der Waals surface area contributed by atoms with Crippen LogP contribution in [0.3, 0.4) is 0 Å². The zero-order valence-electron chi connectivity index (χ0n) is 10.4. The molecule has 2 rings (SSSR count). The van der Waals surface area contributed by atoms with Crippen LogP contribution in [-0.2, 0) is 5.75 Å². The van der Waals surface area contributed by atoms with Crippen molar-refractivity contribution in [2.75, 3.05) is 14.2 Å². The summed E-state index contributed by atoms with van der Waals surface area (Å²) in [6, 6.07) is 11.8. The maximum atomic E-state index is 5.27. The van der Waals surface area contributed by atoms with E-state index in [4.69, 9.17) is 9.47 Å². The van der Waals surface area contributed by atoms with Gasteiger partial charge in [-0.3, -0.25) is 0 Å². The van der Waals surface area contributed by atoms with Crippen molar-refractivity contribution in [1.29, 1.82) is 0 Å². The second kappa shape index (κ2) is 6.31. The van der Waals surface area contributed by atoms with Gasteiger partial charge in [-0.25, -0.2) is 4.98 Å². The lowest BCUT2D eigenvalue weighted by Crippen LogP contribution is -1.89. The average Bonchev–Trinajstić information content (AvgIpc) is 2.46. The first-order valence-electron chi connectivity index (χ1n) is 5.58. The lowest BCUT2D eigenvalue weighted by molar-refractivity contribution is 0.401. The lowest BCUT2D eigenvalue weighted by atomic mass is 10.2. The number of nitrogens with zero attached hydrogens (tertiary/aromatic N) is 1. The molecule has 0 bridgehead atoms. The van der Waals surface area contributed by atoms with E-state index in [1.807, 2.05) is 24.3 Å². The molecule has 0 saturated heterocycles. The lowest BCUT2D eigenvalue weighted by Gasteiger charge is -2.06. The van der Waals surface area contributed by atoms with Crippen LogP contribution in [0.1, 0.15) is 5.56 Å². The molecule has 0 aliphatic carbocycles. The van der Waals surface area contributed by atoms with Crippen molar-refractivity contribution >= 4 is 11.8 Å². The van der Waals surface area contributed by atoms with Crippen molar-refractivity contribution in [3.05, 3.63) is 48.2 Å².